The average molecular weight is 377 g/mol. The van der Waals surface area contributed by atoms with Gasteiger partial charge >= 0.3 is 0 Å². The molecule has 27 heavy (non-hydrogen) atoms. The minimum Gasteiger partial charge on any atom is -0.493 e. The number of methoxy groups -OCH3 is 2. The van der Waals surface area contributed by atoms with Crippen molar-refractivity contribution in [1.29, 1.82) is 0 Å². The molecular formula is C20H32N4O3. The van der Waals surface area contributed by atoms with E-state index >= 15 is 0 Å². The summed E-state index contributed by atoms with van der Waals surface area (Å²) in [6.07, 6.45) is 0. The van der Waals surface area contributed by atoms with Gasteiger partial charge in [0.25, 0.3) is 0 Å². The lowest BCUT2D eigenvalue weighted by Gasteiger charge is -2.38. The van der Waals surface area contributed by atoms with Crippen LogP contribution in [0, 0.1) is 0 Å². The summed E-state index contributed by atoms with van der Waals surface area (Å²) in [6, 6.07) is 6.03. The molecule has 1 amide bonds. The van der Waals surface area contributed by atoms with Crippen molar-refractivity contribution in [3.8, 4) is 11.5 Å². The van der Waals surface area contributed by atoms with Gasteiger partial charge in [-0.3, -0.25) is 9.69 Å². The number of hydrogen-bond acceptors (Lipinski definition) is 6. The number of benzene rings is 1. The van der Waals surface area contributed by atoms with Gasteiger partial charge in [-0.2, -0.15) is 0 Å². The highest BCUT2D eigenvalue weighted by molar-refractivity contribution is 5.78. The van der Waals surface area contributed by atoms with E-state index in [1.54, 1.807) is 14.2 Å². The molecule has 0 unspecified atom stereocenters. The van der Waals surface area contributed by atoms with Crippen LogP contribution in [0.1, 0.15) is 6.92 Å². The predicted octanol–water partition coefficient (Wildman–Crippen LogP) is 0.990. The Labute approximate surface area is 162 Å². The molecule has 2 heterocycles. The molecule has 0 spiro atoms. The minimum atomic E-state index is 0.269. The minimum absolute atomic E-state index is 0.269. The van der Waals surface area contributed by atoms with Crippen LogP contribution in [0.4, 0.5) is 5.69 Å². The third-order valence-corrected chi connectivity index (χ3v) is 5.64. The molecule has 0 N–H and O–H groups in total. The van der Waals surface area contributed by atoms with Crippen molar-refractivity contribution in [1.82, 2.24) is 14.7 Å². The average Bonchev–Trinajstić information content (AvgIpc) is 2.73. The first-order valence-corrected chi connectivity index (χ1v) is 9.84. The van der Waals surface area contributed by atoms with Crippen LogP contribution in [0.5, 0.6) is 11.5 Å². The Morgan fingerprint density at radius 1 is 0.889 bits per heavy atom. The van der Waals surface area contributed by atoms with Gasteiger partial charge < -0.3 is 24.2 Å². The van der Waals surface area contributed by atoms with E-state index in [0.717, 1.165) is 76.1 Å². The summed E-state index contributed by atoms with van der Waals surface area (Å²) in [5.74, 6) is 1.76. The lowest BCUT2D eigenvalue weighted by molar-refractivity contribution is -0.134. The van der Waals surface area contributed by atoms with E-state index in [1.165, 1.54) is 0 Å². The highest BCUT2D eigenvalue weighted by Gasteiger charge is 2.24. The number of anilines is 1. The topological polar surface area (TPSA) is 48.5 Å². The number of ether oxygens (including phenoxy) is 2. The fraction of sp³-hybridized carbons (Fsp3) is 0.650. The van der Waals surface area contributed by atoms with E-state index in [4.69, 9.17) is 9.47 Å². The fourth-order valence-corrected chi connectivity index (χ4v) is 3.79. The van der Waals surface area contributed by atoms with Crippen LogP contribution >= 0.6 is 0 Å². The molecule has 2 fully saturated rings. The first-order chi connectivity index (χ1) is 13.1. The van der Waals surface area contributed by atoms with Crippen LogP contribution in [-0.4, -0.2) is 100 Å². The van der Waals surface area contributed by atoms with Crippen LogP contribution in [0.25, 0.3) is 0 Å². The summed E-state index contributed by atoms with van der Waals surface area (Å²) in [4.78, 5) is 21.6. The number of carbonyl (C=O) groups is 1. The zero-order chi connectivity index (χ0) is 19.2. The van der Waals surface area contributed by atoms with Gasteiger partial charge in [0.2, 0.25) is 5.91 Å². The first-order valence-electron chi connectivity index (χ1n) is 9.84. The molecule has 0 aliphatic carbocycles. The SMILES string of the molecule is CCN1CCN(C(=O)CN2CCN(c3ccc(OC)c(OC)c3)CC2)CC1. The molecule has 2 aliphatic rings. The van der Waals surface area contributed by atoms with Crippen molar-refractivity contribution in [2.45, 2.75) is 6.92 Å². The van der Waals surface area contributed by atoms with E-state index in [2.05, 4.69) is 27.7 Å². The lowest BCUT2D eigenvalue weighted by atomic mass is 10.2. The summed E-state index contributed by atoms with van der Waals surface area (Å²) in [6.45, 7) is 11.1. The maximum atomic E-state index is 12.6. The van der Waals surface area contributed by atoms with Gasteiger partial charge in [0.15, 0.2) is 11.5 Å². The number of likely N-dealkylation sites (N-methyl/N-ethyl adjacent to an activating group) is 1. The van der Waals surface area contributed by atoms with E-state index in [-0.39, 0.29) is 5.91 Å². The van der Waals surface area contributed by atoms with Gasteiger partial charge in [0, 0.05) is 64.1 Å². The number of hydrogen-bond donors (Lipinski definition) is 0. The predicted molar refractivity (Wildman–Crippen MR) is 107 cm³/mol. The number of rotatable bonds is 6. The van der Waals surface area contributed by atoms with Gasteiger partial charge in [0.1, 0.15) is 0 Å². The maximum absolute atomic E-state index is 12.6. The number of piperazine rings is 2. The molecule has 0 saturated carbocycles. The smallest absolute Gasteiger partial charge is 0.236 e. The standard InChI is InChI=1S/C20H32N4O3/c1-4-21-7-13-24(14-8-21)20(25)16-22-9-11-23(12-10-22)17-5-6-18(26-2)19(15-17)27-3/h5-6,15H,4,7-14,16H2,1-3H3. The molecule has 0 atom stereocenters. The molecule has 0 aromatic heterocycles. The second-order valence-corrected chi connectivity index (χ2v) is 7.12. The van der Waals surface area contributed by atoms with Crippen LogP contribution in [0.2, 0.25) is 0 Å². The second kappa shape index (κ2) is 9.28. The van der Waals surface area contributed by atoms with Crippen LogP contribution in [0.3, 0.4) is 0 Å². The van der Waals surface area contributed by atoms with Crippen molar-refractivity contribution in [3.05, 3.63) is 18.2 Å². The molecule has 150 valence electrons. The highest BCUT2D eigenvalue weighted by atomic mass is 16.5. The Morgan fingerprint density at radius 2 is 1.52 bits per heavy atom. The molecule has 1 aromatic rings. The molecule has 2 saturated heterocycles. The Hall–Kier alpha value is -1.99. The Morgan fingerprint density at radius 3 is 2.11 bits per heavy atom. The second-order valence-electron chi connectivity index (χ2n) is 7.12. The zero-order valence-corrected chi connectivity index (χ0v) is 16.8. The zero-order valence-electron chi connectivity index (χ0n) is 16.8. The Balaban J connectivity index is 1.48. The van der Waals surface area contributed by atoms with Crippen molar-refractivity contribution < 1.29 is 14.3 Å². The van der Waals surface area contributed by atoms with Gasteiger partial charge in [-0.25, -0.2) is 0 Å². The number of amides is 1. The summed E-state index contributed by atoms with van der Waals surface area (Å²) in [7, 11) is 3.31. The summed E-state index contributed by atoms with van der Waals surface area (Å²) in [5, 5.41) is 0. The van der Waals surface area contributed by atoms with Gasteiger partial charge in [-0.05, 0) is 18.7 Å². The lowest BCUT2D eigenvalue weighted by Crippen LogP contribution is -2.53. The quantitative estimate of drug-likeness (QED) is 0.738. The van der Waals surface area contributed by atoms with Gasteiger partial charge in [-0.15, -0.1) is 0 Å². The molecule has 7 heteroatoms. The summed E-state index contributed by atoms with van der Waals surface area (Å²) < 4.78 is 10.7. The number of nitrogens with zero attached hydrogens (tertiary/aromatic N) is 4. The van der Waals surface area contributed by atoms with E-state index < -0.39 is 0 Å². The molecular weight excluding hydrogens is 344 g/mol. The van der Waals surface area contributed by atoms with E-state index in [1.807, 2.05) is 17.0 Å². The maximum Gasteiger partial charge on any atom is 0.236 e. The fourth-order valence-electron chi connectivity index (χ4n) is 3.79. The van der Waals surface area contributed by atoms with Crippen molar-refractivity contribution in [3.63, 3.8) is 0 Å². The van der Waals surface area contributed by atoms with Gasteiger partial charge in [-0.1, -0.05) is 6.92 Å². The van der Waals surface area contributed by atoms with E-state index in [0.29, 0.717) is 6.54 Å². The number of carbonyl (C=O) groups excluding carboxylic acids is 1. The van der Waals surface area contributed by atoms with Crippen molar-refractivity contribution in [2.24, 2.45) is 0 Å². The largest absolute Gasteiger partial charge is 0.493 e. The summed E-state index contributed by atoms with van der Waals surface area (Å²) in [5.41, 5.74) is 1.13. The van der Waals surface area contributed by atoms with Crippen LogP contribution < -0.4 is 14.4 Å². The molecule has 0 radical (unpaired) electrons. The summed E-state index contributed by atoms with van der Waals surface area (Å²) >= 11 is 0. The molecule has 2 aliphatic heterocycles. The molecule has 0 bridgehead atoms. The van der Waals surface area contributed by atoms with Gasteiger partial charge in [0.05, 0.1) is 20.8 Å². The van der Waals surface area contributed by atoms with Crippen molar-refractivity contribution >= 4 is 11.6 Å². The van der Waals surface area contributed by atoms with Crippen LogP contribution in [-0.2, 0) is 4.79 Å². The highest BCUT2D eigenvalue weighted by Crippen LogP contribution is 2.31. The third-order valence-electron chi connectivity index (χ3n) is 5.64. The molecule has 3 rings (SSSR count). The Kier molecular flexibility index (Phi) is 6.79. The normalized spacial score (nSPS) is 19.2. The Bertz CT molecular complexity index is 624. The molecule has 7 nitrogen and oxygen atoms in total. The molecule has 1 aromatic carbocycles. The third kappa shape index (κ3) is 4.84. The van der Waals surface area contributed by atoms with E-state index in [9.17, 15) is 4.79 Å². The monoisotopic (exact) mass is 376 g/mol. The first kappa shape index (κ1) is 19.8. The van der Waals surface area contributed by atoms with Crippen LogP contribution in [0.15, 0.2) is 18.2 Å². The van der Waals surface area contributed by atoms with Crippen molar-refractivity contribution in [2.75, 3.05) is 84.6 Å².